The second-order valence-corrected chi connectivity index (χ2v) is 10.5. The molecule has 3 aromatic rings. The lowest BCUT2D eigenvalue weighted by atomic mass is 9.91. The number of nitrogens with one attached hydrogen (secondary N) is 1. The molecule has 0 unspecified atom stereocenters. The number of benzene rings is 2. The van der Waals surface area contributed by atoms with Gasteiger partial charge in [-0.25, -0.2) is 9.07 Å². The molecule has 9 nitrogen and oxygen atoms in total. The van der Waals surface area contributed by atoms with Crippen LogP contribution in [-0.2, 0) is 14.4 Å². The van der Waals surface area contributed by atoms with Crippen molar-refractivity contribution in [2.75, 3.05) is 22.6 Å². The molecule has 38 heavy (non-hydrogen) atoms. The summed E-state index contributed by atoms with van der Waals surface area (Å²) < 4.78 is 21.4. The third-order valence-corrected chi connectivity index (χ3v) is 5.83. The Hall–Kier alpha value is -3.21. The van der Waals surface area contributed by atoms with Gasteiger partial charge in [-0.2, -0.15) is 0 Å². The quantitative estimate of drug-likeness (QED) is 0.198. The summed E-state index contributed by atoms with van der Waals surface area (Å²) in [5.41, 5.74) is 0.378. The van der Waals surface area contributed by atoms with Crippen LogP contribution in [-0.4, -0.2) is 45.2 Å². The topological polar surface area (TPSA) is 106 Å². The highest BCUT2D eigenvalue weighted by Gasteiger charge is 2.26. The van der Waals surface area contributed by atoms with E-state index in [1.807, 2.05) is 20.8 Å². The van der Waals surface area contributed by atoms with Gasteiger partial charge < -0.3 is 10.1 Å². The van der Waals surface area contributed by atoms with E-state index in [0.29, 0.717) is 17.1 Å². The van der Waals surface area contributed by atoms with Crippen LogP contribution in [0.4, 0.5) is 15.8 Å². The molecule has 202 valence electrons. The first kappa shape index (κ1) is 29.3. The van der Waals surface area contributed by atoms with E-state index in [9.17, 15) is 18.8 Å². The summed E-state index contributed by atoms with van der Waals surface area (Å²) >= 11 is 17.8. The first-order chi connectivity index (χ1) is 17.9. The predicted molar refractivity (Wildman–Crippen MR) is 144 cm³/mol. The van der Waals surface area contributed by atoms with Crippen LogP contribution in [0.3, 0.4) is 0 Å². The smallest absolute Gasteiger partial charge is 0.311 e. The Morgan fingerprint density at radius 1 is 1.16 bits per heavy atom. The van der Waals surface area contributed by atoms with Gasteiger partial charge in [-0.05, 0) is 42.2 Å². The molecule has 0 fully saturated rings. The molecule has 2 amide bonds. The highest BCUT2D eigenvalue weighted by Crippen LogP contribution is 2.33. The van der Waals surface area contributed by atoms with Crippen molar-refractivity contribution < 1.29 is 23.5 Å². The fraction of sp³-hybridized carbons (Fsp3) is 0.320. The van der Waals surface area contributed by atoms with E-state index in [0.717, 1.165) is 11.0 Å². The molecule has 0 aliphatic rings. The van der Waals surface area contributed by atoms with Crippen LogP contribution in [0.1, 0.15) is 33.6 Å². The minimum atomic E-state index is -0.875. The third-order valence-electron chi connectivity index (χ3n) is 5.19. The Morgan fingerprint density at radius 3 is 2.53 bits per heavy atom. The molecule has 0 aliphatic heterocycles. The Bertz CT molecular complexity index is 1340. The fourth-order valence-corrected chi connectivity index (χ4v) is 3.78. The number of esters is 1. The number of aromatic nitrogens is 3. The molecule has 0 saturated heterocycles. The zero-order valence-electron chi connectivity index (χ0n) is 20.8. The lowest BCUT2D eigenvalue weighted by Crippen LogP contribution is -2.39. The molecular weight excluding hydrogens is 560 g/mol. The summed E-state index contributed by atoms with van der Waals surface area (Å²) in [5.74, 6) is -3.93. The van der Waals surface area contributed by atoms with Crippen LogP contribution < -0.4 is 15.0 Å². The molecule has 3 rings (SSSR count). The van der Waals surface area contributed by atoms with Gasteiger partial charge in [0, 0.05) is 11.4 Å². The Morgan fingerprint density at radius 2 is 1.89 bits per heavy atom. The van der Waals surface area contributed by atoms with Gasteiger partial charge >= 0.3 is 5.97 Å². The lowest BCUT2D eigenvalue weighted by molar-refractivity contribution is -0.135. The third kappa shape index (κ3) is 7.89. The second kappa shape index (κ2) is 12.6. The number of anilines is 2. The van der Waals surface area contributed by atoms with E-state index in [4.69, 9.17) is 39.5 Å². The number of ether oxygens (including phenoxy) is 1. The summed E-state index contributed by atoms with van der Waals surface area (Å²) in [5, 5.41) is 10.7. The van der Waals surface area contributed by atoms with Crippen molar-refractivity contribution in [3.63, 3.8) is 0 Å². The van der Waals surface area contributed by atoms with Crippen molar-refractivity contribution in [3.05, 3.63) is 58.6 Å². The maximum atomic E-state index is 14.8. The van der Waals surface area contributed by atoms with Crippen LogP contribution in [0.2, 0.25) is 10.2 Å². The number of carbonyl (C=O) groups excluding carboxylic acids is 3. The highest BCUT2D eigenvalue weighted by atomic mass is 35.5. The SMILES string of the molecule is CC(C)(C)CCC(=O)Oc1c(F)cccc1N(CC(=O)Nc1cc(Cl)ccc1-n1cc(Cl)nn1)C(=O)CCl. The van der Waals surface area contributed by atoms with Crippen molar-refractivity contribution in [2.24, 2.45) is 5.41 Å². The van der Waals surface area contributed by atoms with Gasteiger partial charge in [-0.3, -0.25) is 19.3 Å². The van der Waals surface area contributed by atoms with Gasteiger partial charge in [0.25, 0.3) is 0 Å². The van der Waals surface area contributed by atoms with Gasteiger partial charge in [-0.15, -0.1) is 16.7 Å². The number of hydrogen-bond donors (Lipinski definition) is 1. The molecule has 1 heterocycles. The van der Waals surface area contributed by atoms with Gasteiger partial charge in [0.15, 0.2) is 16.7 Å². The summed E-state index contributed by atoms with van der Waals surface area (Å²) in [7, 11) is 0. The Balaban J connectivity index is 1.88. The summed E-state index contributed by atoms with van der Waals surface area (Å²) in [4.78, 5) is 39.2. The highest BCUT2D eigenvalue weighted by molar-refractivity contribution is 6.31. The van der Waals surface area contributed by atoms with E-state index in [-0.39, 0.29) is 28.4 Å². The van der Waals surface area contributed by atoms with Crippen LogP contribution in [0.5, 0.6) is 5.75 Å². The Kier molecular flexibility index (Phi) is 9.70. The van der Waals surface area contributed by atoms with Crippen molar-refractivity contribution in [2.45, 2.75) is 33.6 Å². The normalized spacial score (nSPS) is 11.2. The zero-order valence-corrected chi connectivity index (χ0v) is 23.1. The van der Waals surface area contributed by atoms with E-state index in [2.05, 4.69) is 15.6 Å². The maximum absolute atomic E-state index is 14.8. The zero-order chi connectivity index (χ0) is 28.0. The molecular formula is C25H25Cl3FN5O4. The van der Waals surface area contributed by atoms with Gasteiger partial charge in [0.05, 0.1) is 23.3 Å². The van der Waals surface area contributed by atoms with Crippen LogP contribution >= 0.6 is 34.8 Å². The van der Waals surface area contributed by atoms with Crippen molar-refractivity contribution in [3.8, 4) is 11.4 Å². The summed E-state index contributed by atoms with van der Waals surface area (Å²) in [6.07, 6.45) is 1.96. The number of para-hydroxylation sites is 1. The number of carbonyl (C=O) groups is 3. The summed E-state index contributed by atoms with van der Waals surface area (Å²) in [6, 6.07) is 8.41. The molecule has 0 spiro atoms. The number of hydrogen-bond acceptors (Lipinski definition) is 6. The van der Waals surface area contributed by atoms with Gasteiger partial charge in [-0.1, -0.05) is 55.3 Å². The Labute approximate surface area is 233 Å². The number of halogens is 4. The standard InChI is InChI=1S/C25H25Cl3FN5O4/c1-25(2,3)10-9-23(37)38-24-16(29)5-4-6-19(24)33(22(36)12-26)14-21(35)30-17-11-15(27)7-8-18(17)34-13-20(28)31-32-34/h4-8,11,13H,9-10,12,14H2,1-3H3,(H,30,35). The summed E-state index contributed by atoms with van der Waals surface area (Å²) in [6.45, 7) is 5.29. The van der Waals surface area contributed by atoms with E-state index >= 15 is 0 Å². The first-order valence-electron chi connectivity index (χ1n) is 11.4. The van der Waals surface area contributed by atoms with Crippen LogP contribution in [0, 0.1) is 11.2 Å². The van der Waals surface area contributed by atoms with Gasteiger partial charge in [0.2, 0.25) is 11.8 Å². The van der Waals surface area contributed by atoms with E-state index in [1.165, 1.54) is 29.1 Å². The van der Waals surface area contributed by atoms with Crippen molar-refractivity contribution in [1.82, 2.24) is 15.0 Å². The van der Waals surface area contributed by atoms with E-state index < -0.39 is 41.8 Å². The van der Waals surface area contributed by atoms with E-state index in [1.54, 1.807) is 12.1 Å². The molecule has 0 aliphatic carbocycles. The molecule has 1 aromatic heterocycles. The lowest BCUT2D eigenvalue weighted by Gasteiger charge is -2.24. The largest absolute Gasteiger partial charge is 0.421 e. The number of amides is 2. The monoisotopic (exact) mass is 583 g/mol. The average Bonchev–Trinajstić information content (AvgIpc) is 3.27. The van der Waals surface area contributed by atoms with Gasteiger partial charge in [0.1, 0.15) is 12.4 Å². The molecule has 0 radical (unpaired) electrons. The number of rotatable bonds is 9. The minimum Gasteiger partial charge on any atom is -0.421 e. The number of nitrogens with zero attached hydrogens (tertiary/aromatic N) is 4. The van der Waals surface area contributed by atoms with Crippen LogP contribution in [0.25, 0.3) is 5.69 Å². The molecule has 1 N–H and O–H groups in total. The molecule has 0 bridgehead atoms. The molecule has 0 atom stereocenters. The van der Waals surface area contributed by atoms with Crippen molar-refractivity contribution in [1.29, 1.82) is 0 Å². The van der Waals surface area contributed by atoms with Crippen LogP contribution in [0.15, 0.2) is 42.6 Å². The minimum absolute atomic E-state index is 0.0328. The predicted octanol–water partition coefficient (Wildman–Crippen LogP) is 5.66. The number of alkyl halides is 1. The second-order valence-electron chi connectivity index (χ2n) is 9.43. The van der Waals surface area contributed by atoms with Crippen molar-refractivity contribution >= 4 is 64.0 Å². The molecule has 2 aromatic carbocycles. The average molecular weight is 585 g/mol. The fourth-order valence-electron chi connectivity index (χ4n) is 3.34. The molecule has 13 heteroatoms. The maximum Gasteiger partial charge on any atom is 0.311 e. The first-order valence-corrected chi connectivity index (χ1v) is 12.7. The molecule has 0 saturated carbocycles.